The van der Waals surface area contributed by atoms with E-state index in [0.717, 1.165) is 5.56 Å². The van der Waals surface area contributed by atoms with Crippen LogP contribution in [0.2, 0.25) is 0 Å². The summed E-state index contributed by atoms with van der Waals surface area (Å²) < 4.78 is 20.1. The third-order valence-electron chi connectivity index (χ3n) is 5.78. The van der Waals surface area contributed by atoms with E-state index in [9.17, 15) is 14.0 Å². The van der Waals surface area contributed by atoms with Gasteiger partial charge in [-0.2, -0.15) is 0 Å². The van der Waals surface area contributed by atoms with Gasteiger partial charge in [-0.15, -0.1) is 11.3 Å². The number of benzene rings is 1. The summed E-state index contributed by atoms with van der Waals surface area (Å²) in [4.78, 5) is 35.9. The van der Waals surface area contributed by atoms with E-state index >= 15 is 0 Å². The maximum atomic E-state index is 14.1. The number of aromatic nitrogens is 2. The number of thiophene rings is 1. The highest BCUT2D eigenvalue weighted by Gasteiger charge is 2.32. The Morgan fingerprint density at radius 1 is 1.24 bits per heavy atom. The van der Waals surface area contributed by atoms with Crippen LogP contribution in [-0.2, 0) is 4.79 Å². The van der Waals surface area contributed by atoms with Crippen molar-refractivity contribution in [3.8, 4) is 17.6 Å². The van der Waals surface area contributed by atoms with E-state index in [0.29, 0.717) is 51.7 Å². The lowest BCUT2D eigenvalue weighted by molar-refractivity contribution is -0.120. The van der Waals surface area contributed by atoms with Crippen molar-refractivity contribution in [3.63, 3.8) is 0 Å². The van der Waals surface area contributed by atoms with Gasteiger partial charge in [0, 0.05) is 31.9 Å². The van der Waals surface area contributed by atoms with Crippen LogP contribution in [0.5, 0.6) is 5.75 Å². The third kappa shape index (κ3) is 6.53. The highest BCUT2D eigenvalue weighted by molar-refractivity contribution is 7.20. The Kier molecular flexibility index (Phi) is 8.21. The Balaban J connectivity index is 1.51. The van der Waals surface area contributed by atoms with Crippen LogP contribution in [0.1, 0.15) is 35.0 Å². The van der Waals surface area contributed by atoms with Crippen molar-refractivity contribution in [2.45, 2.75) is 38.8 Å². The normalized spacial score (nSPS) is 16.5. The molecule has 194 valence electrons. The molecule has 4 rings (SSSR count). The second-order valence-electron chi connectivity index (χ2n) is 9.11. The fourth-order valence-electron chi connectivity index (χ4n) is 3.94. The lowest BCUT2D eigenvalue weighted by Gasteiger charge is -2.36. The molecule has 0 radical (unpaired) electrons. The molecule has 0 unspecified atom stereocenters. The molecule has 0 atom stereocenters. The van der Waals surface area contributed by atoms with Crippen LogP contribution in [0.15, 0.2) is 24.5 Å². The molecule has 0 spiro atoms. The van der Waals surface area contributed by atoms with E-state index in [1.165, 1.54) is 36.7 Å². The third-order valence-corrected chi connectivity index (χ3v) is 6.98. The number of nitrogens with one attached hydrogen (secondary N) is 3. The van der Waals surface area contributed by atoms with Crippen molar-refractivity contribution < 1.29 is 18.7 Å². The maximum Gasteiger partial charge on any atom is 0.262 e. The summed E-state index contributed by atoms with van der Waals surface area (Å²) in [6.07, 6.45) is 2.58. The number of aryl methyl sites for hydroxylation is 1. The molecule has 3 N–H and O–H groups in total. The van der Waals surface area contributed by atoms with Crippen LogP contribution < -0.4 is 20.7 Å². The van der Waals surface area contributed by atoms with Gasteiger partial charge in [0.2, 0.25) is 5.91 Å². The first-order valence-corrected chi connectivity index (χ1v) is 12.7. The smallest absolute Gasteiger partial charge is 0.262 e. The molecule has 1 aliphatic rings. The van der Waals surface area contributed by atoms with Gasteiger partial charge in [-0.1, -0.05) is 11.8 Å². The zero-order chi connectivity index (χ0) is 26.5. The van der Waals surface area contributed by atoms with Crippen LogP contribution in [0.3, 0.4) is 0 Å². The molecule has 2 amide bonds. The Morgan fingerprint density at radius 3 is 2.76 bits per heavy atom. The largest absolute Gasteiger partial charge is 0.488 e. The molecule has 9 nitrogen and oxygen atoms in total. The zero-order valence-electron chi connectivity index (χ0n) is 21.1. The molecule has 0 aliphatic heterocycles. The van der Waals surface area contributed by atoms with Crippen molar-refractivity contribution in [1.82, 2.24) is 25.5 Å². The maximum absolute atomic E-state index is 14.1. The molecular formula is C26H29FN6O3S. The van der Waals surface area contributed by atoms with Gasteiger partial charge in [-0.05, 0) is 38.7 Å². The van der Waals surface area contributed by atoms with Gasteiger partial charge < -0.3 is 20.7 Å². The average Bonchev–Trinajstić information content (AvgIpc) is 3.16. The van der Waals surface area contributed by atoms with Gasteiger partial charge >= 0.3 is 0 Å². The lowest BCUT2D eigenvalue weighted by atomic mass is 9.89. The summed E-state index contributed by atoms with van der Waals surface area (Å²) in [5, 5.41) is 9.64. The van der Waals surface area contributed by atoms with Crippen molar-refractivity contribution in [3.05, 3.63) is 40.8 Å². The first kappa shape index (κ1) is 26.3. The standard InChI is InChI=1S/C26H29FN6O3S/c1-15-22-24(29-14-30-26(22)37-23(15)25(35)28-9-5-6-10-33(3)4)32-20-8-7-17(27)11-21(20)36-19-12-18(13-19)31-16(2)34/h7-8,11,14,18-19H,9-10,12-13H2,1-4H3,(H,28,35)(H,31,34)(H,29,30,32)/t18-,19-. The minimum absolute atomic E-state index is 0.0611. The Labute approximate surface area is 218 Å². The summed E-state index contributed by atoms with van der Waals surface area (Å²) in [5.74, 6) is 6.03. The van der Waals surface area contributed by atoms with Gasteiger partial charge in [-0.3, -0.25) is 14.5 Å². The number of carbonyl (C=O) groups is 2. The summed E-state index contributed by atoms with van der Waals surface area (Å²) in [7, 11) is 3.86. The number of halogens is 1. The number of amides is 2. The highest BCUT2D eigenvalue weighted by atomic mass is 32.1. The molecular weight excluding hydrogens is 495 g/mol. The fourth-order valence-corrected chi connectivity index (χ4v) is 5.00. The number of nitrogens with zero attached hydrogens (tertiary/aromatic N) is 3. The first-order chi connectivity index (χ1) is 17.7. The zero-order valence-corrected chi connectivity index (χ0v) is 22.0. The Bertz CT molecular complexity index is 1370. The minimum atomic E-state index is -0.425. The molecule has 2 heterocycles. The molecule has 1 aromatic carbocycles. The van der Waals surface area contributed by atoms with Gasteiger partial charge in [0.1, 0.15) is 34.6 Å². The first-order valence-electron chi connectivity index (χ1n) is 11.8. The van der Waals surface area contributed by atoms with Crippen molar-refractivity contribution in [2.75, 3.05) is 32.5 Å². The molecule has 2 aromatic heterocycles. The summed E-state index contributed by atoms with van der Waals surface area (Å²) >= 11 is 1.28. The van der Waals surface area contributed by atoms with Crippen LogP contribution in [0, 0.1) is 24.6 Å². The van der Waals surface area contributed by atoms with Crippen LogP contribution in [0.4, 0.5) is 15.9 Å². The van der Waals surface area contributed by atoms with Gasteiger partial charge in [0.15, 0.2) is 0 Å². The predicted molar refractivity (Wildman–Crippen MR) is 142 cm³/mol. The van der Waals surface area contributed by atoms with Gasteiger partial charge in [0.05, 0.1) is 29.0 Å². The Morgan fingerprint density at radius 2 is 2.03 bits per heavy atom. The molecule has 11 heteroatoms. The summed E-state index contributed by atoms with van der Waals surface area (Å²) in [6, 6.07) is 4.31. The molecule has 3 aromatic rings. The van der Waals surface area contributed by atoms with E-state index in [1.54, 1.807) is 6.07 Å². The second-order valence-corrected chi connectivity index (χ2v) is 10.1. The molecule has 1 saturated carbocycles. The second kappa shape index (κ2) is 11.5. The molecule has 0 bridgehead atoms. The van der Waals surface area contributed by atoms with E-state index in [2.05, 4.69) is 37.8 Å². The highest BCUT2D eigenvalue weighted by Crippen LogP contribution is 2.37. The van der Waals surface area contributed by atoms with Crippen molar-refractivity contribution in [2.24, 2.45) is 0 Å². The topological polar surface area (TPSA) is 108 Å². The average molecular weight is 525 g/mol. The number of ether oxygens (including phenoxy) is 1. The van der Waals surface area contributed by atoms with E-state index < -0.39 is 5.82 Å². The predicted octanol–water partition coefficient (Wildman–Crippen LogP) is 3.22. The number of rotatable bonds is 8. The van der Waals surface area contributed by atoms with Gasteiger partial charge in [0.25, 0.3) is 5.91 Å². The van der Waals surface area contributed by atoms with E-state index in [-0.39, 0.29) is 30.5 Å². The van der Waals surface area contributed by atoms with Crippen LogP contribution in [-0.4, -0.2) is 66.0 Å². The minimum Gasteiger partial charge on any atom is -0.488 e. The summed E-state index contributed by atoms with van der Waals surface area (Å²) in [6.45, 7) is 4.19. The van der Waals surface area contributed by atoms with E-state index in [1.807, 2.05) is 25.9 Å². The summed E-state index contributed by atoms with van der Waals surface area (Å²) in [5.41, 5.74) is 1.28. The monoisotopic (exact) mass is 524 g/mol. The SMILES string of the molecule is CC(=O)N[C@H]1C[C@H](Oc2cc(F)ccc2Nc2ncnc3sc(C(=O)NCC#CCN(C)C)c(C)c23)C1. The van der Waals surface area contributed by atoms with Crippen molar-refractivity contribution in [1.29, 1.82) is 0 Å². The lowest BCUT2D eigenvalue weighted by Crippen LogP contribution is -2.48. The molecule has 1 fully saturated rings. The van der Waals surface area contributed by atoms with E-state index in [4.69, 9.17) is 4.74 Å². The van der Waals surface area contributed by atoms with Crippen molar-refractivity contribution >= 4 is 44.9 Å². The molecule has 37 heavy (non-hydrogen) atoms. The number of hydrogen-bond donors (Lipinski definition) is 3. The van der Waals surface area contributed by atoms with Gasteiger partial charge in [-0.25, -0.2) is 14.4 Å². The molecule has 0 saturated heterocycles. The number of hydrogen-bond acceptors (Lipinski definition) is 8. The Hall–Kier alpha value is -3.75. The number of anilines is 2. The molecule has 1 aliphatic carbocycles. The quantitative estimate of drug-likeness (QED) is 0.388. The number of carbonyl (C=O) groups excluding carboxylic acids is 2. The fraction of sp³-hybridized carbons (Fsp3) is 0.385. The number of fused-ring (bicyclic) bond motifs is 1. The van der Waals surface area contributed by atoms with Crippen LogP contribution in [0.25, 0.3) is 10.2 Å². The van der Waals surface area contributed by atoms with Crippen LogP contribution >= 0.6 is 11.3 Å².